The molecule has 0 saturated heterocycles. The number of carbonyl (C=O) groups is 2. The summed E-state index contributed by atoms with van der Waals surface area (Å²) < 4.78 is 17.0. The number of primary amides is 1. The lowest BCUT2D eigenvalue weighted by Gasteiger charge is -2.25. The molecule has 2 aromatic rings. The number of hydrogen-bond acceptors (Lipinski definition) is 5. The Morgan fingerprint density at radius 1 is 1.00 bits per heavy atom. The molecular weight excluding hydrogens is 480 g/mol. The fourth-order valence-corrected chi connectivity index (χ4v) is 4.50. The predicted octanol–water partition coefficient (Wildman–Crippen LogP) is 6.59. The van der Waals surface area contributed by atoms with Gasteiger partial charge in [-0.3, -0.25) is 9.59 Å². The minimum absolute atomic E-state index is 0.0269. The normalized spacial score (nSPS) is 12.2. The highest BCUT2D eigenvalue weighted by molar-refractivity contribution is 5.97. The fraction of sp³-hybridized carbons (Fsp3) is 0.548. The number of amides is 2. The van der Waals surface area contributed by atoms with E-state index in [-0.39, 0.29) is 17.2 Å². The van der Waals surface area contributed by atoms with Crippen molar-refractivity contribution < 1.29 is 23.8 Å². The standard InChI is InChI=1S/C31H46N2O5/c1-7-9-10-12-22(25-15-14-24(21-28(25)36-6)38-18-11-17-37-8-2)20-29(34)33-27-19-23(30(32)35)13-16-26(27)31(3,4)5/h13-16,19,21-22H,7-12,17-18,20H2,1-6H3,(H2,32,35)(H,33,34). The Balaban J connectivity index is 2.25. The summed E-state index contributed by atoms with van der Waals surface area (Å²) in [5, 5.41) is 3.07. The average Bonchev–Trinajstić information content (AvgIpc) is 2.87. The van der Waals surface area contributed by atoms with Crippen LogP contribution in [0.2, 0.25) is 0 Å². The molecule has 7 nitrogen and oxygen atoms in total. The molecule has 0 fully saturated rings. The van der Waals surface area contributed by atoms with Gasteiger partial charge in [-0.25, -0.2) is 0 Å². The van der Waals surface area contributed by atoms with Crippen LogP contribution in [0.4, 0.5) is 5.69 Å². The third kappa shape index (κ3) is 9.67. The van der Waals surface area contributed by atoms with Crippen molar-refractivity contribution in [2.45, 2.75) is 84.5 Å². The van der Waals surface area contributed by atoms with Crippen molar-refractivity contribution in [3.05, 3.63) is 53.1 Å². The quantitative estimate of drug-likeness (QED) is 0.240. The van der Waals surface area contributed by atoms with Gasteiger partial charge in [0.05, 0.1) is 13.7 Å². The van der Waals surface area contributed by atoms with Crippen LogP contribution in [0.3, 0.4) is 0 Å². The molecule has 2 amide bonds. The summed E-state index contributed by atoms with van der Waals surface area (Å²) in [7, 11) is 1.64. The first kappa shape index (κ1) is 31.2. The average molecular weight is 527 g/mol. The maximum atomic E-state index is 13.4. The van der Waals surface area contributed by atoms with Gasteiger partial charge in [-0.05, 0) is 54.0 Å². The Labute approximate surface area is 228 Å². The summed E-state index contributed by atoms with van der Waals surface area (Å²) in [6.45, 7) is 12.3. The lowest BCUT2D eigenvalue weighted by Crippen LogP contribution is -2.22. The first-order valence-electron chi connectivity index (χ1n) is 13.7. The molecule has 0 aromatic heterocycles. The lowest BCUT2D eigenvalue weighted by molar-refractivity contribution is -0.116. The van der Waals surface area contributed by atoms with Gasteiger partial charge in [0.1, 0.15) is 11.5 Å². The van der Waals surface area contributed by atoms with Crippen molar-refractivity contribution >= 4 is 17.5 Å². The Bertz CT molecular complexity index is 1050. The van der Waals surface area contributed by atoms with E-state index in [1.807, 2.05) is 31.2 Å². The zero-order valence-corrected chi connectivity index (χ0v) is 24.0. The van der Waals surface area contributed by atoms with Crippen molar-refractivity contribution in [2.75, 3.05) is 32.2 Å². The molecule has 0 aliphatic carbocycles. The Morgan fingerprint density at radius 2 is 1.76 bits per heavy atom. The van der Waals surface area contributed by atoms with E-state index in [9.17, 15) is 9.59 Å². The van der Waals surface area contributed by atoms with E-state index in [0.29, 0.717) is 43.2 Å². The third-order valence-corrected chi connectivity index (χ3v) is 6.52. The van der Waals surface area contributed by atoms with Crippen LogP contribution in [-0.2, 0) is 14.9 Å². The summed E-state index contributed by atoms with van der Waals surface area (Å²) in [6, 6.07) is 11.1. The predicted molar refractivity (Wildman–Crippen MR) is 153 cm³/mol. The minimum atomic E-state index is -0.525. The first-order chi connectivity index (χ1) is 18.1. The van der Waals surface area contributed by atoms with Crippen molar-refractivity contribution in [2.24, 2.45) is 5.73 Å². The van der Waals surface area contributed by atoms with Gasteiger partial charge < -0.3 is 25.3 Å². The van der Waals surface area contributed by atoms with E-state index in [2.05, 4.69) is 33.0 Å². The van der Waals surface area contributed by atoms with Crippen molar-refractivity contribution in [3.8, 4) is 11.5 Å². The maximum Gasteiger partial charge on any atom is 0.248 e. The van der Waals surface area contributed by atoms with Gasteiger partial charge in [0, 0.05) is 43.4 Å². The van der Waals surface area contributed by atoms with E-state index in [1.165, 1.54) is 0 Å². The molecule has 2 rings (SSSR count). The molecule has 0 bridgehead atoms. The van der Waals surface area contributed by atoms with Crippen LogP contribution >= 0.6 is 0 Å². The second kappa shape index (κ2) is 15.4. The Kier molecular flexibility index (Phi) is 12.6. The number of carbonyl (C=O) groups excluding carboxylic acids is 2. The van der Waals surface area contributed by atoms with Crippen LogP contribution in [0.1, 0.15) is 101 Å². The number of ether oxygens (including phenoxy) is 3. The monoisotopic (exact) mass is 526 g/mol. The van der Waals surface area contributed by atoms with Crippen LogP contribution in [0.15, 0.2) is 36.4 Å². The number of nitrogens with two attached hydrogens (primary N) is 1. The molecule has 3 N–H and O–H groups in total. The number of methoxy groups -OCH3 is 1. The smallest absolute Gasteiger partial charge is 0.248 e. The molecule has 0 spiro atoms. The van der Waals surface area contributed by atoms with Gasteiger partial charge >= 0.3 is 0 Å². The van der Waals surface area contributed by atoms with Crippen molar-refractivity contribution in [3.63, 3.8) is 0 Å². The van der Waals surface area contributed by atoms with E-state index < -0.39 is 5.91 Å². The van der Waals surface area contributed by atoms with Crippen LogP contribution < -0.4 is 20.5 Å². The number of nitrogens with one attached hydrogen (secondary N) is 1. The van der Waals surface area contributed by atoms with E-state index in [1.54, 1.807) is 19.2 Å². The number of hydrogen-bond donors (Lipinski definition) is 2. The SMILES string of the molecule is CCCCCC(CC(=O)Nc1cc(C(N)=O)ccc1C(C)(C)C)c1ccc(OCCCOCC)cc1OC. The van der Waals surface area contributed by atoms with Gasteiger partial charge in [-0.1, -0.05) is 59.1 Å². The van der Waals surface area contributed by atoms with Gasteiger partial charge in [0.15, 0.2) is 0 Å². The molecule has 7 heteroatoms. The Hall–Kier alpha value is -3.06. The van der Waals surface area contributed by atoms with E-state index >= 15 is 0 Å². The van der Waals surface area contributed by atoms with Crippen molar-refractivity contribution in [1.82, 2.24) is 0 Å². The molecule has 2 aromatic carbocycles. The van der Waals surface area contributed by atoms with Gasteiger partial charge in [0.25, 0.3) is 0 Å². The van der Waals surface area contributed by atoms with Gasteiger partial charge in [0.2, 0.25) is 11.8 Å². The largest absolute Gasteiger partial charge is 0.496 e. The second-order valence-electron chi connectivity index (χ2n) is 10.6. The maximum absolute atomic E-state index is 13.4. The summed E-state index contributed by atoms with van der Waals surface area (Å²) in [5.74, 6) is 0.783. The van der Waals surface area contributed by atoms with Crippen molar-refractivity contribution in [1.29, 1.82) is 0 Å². The minimum Gasteiger partial charge on any atom is -0.496 e. The summed E-state index contributed by atoms with van der Waals surface area (Å²) in [5.41, 5.74) is 8.21. The number of rotatable bonds is 16. The summed E-state index contributed by atoms with van der Waals surface area (Å²) >= 11 is 0. The van der Waals surface area contributed by atoms with Crippen LogP contribution in [0.25, 0.3) is 0 Å². The number of unbranched alkanes of at least 4 members (excludes halogenated alkanes) is 2. The topological polar surface area (TPSA) is 99.9 Å². The first-order valence-corrected chi connectivity index (χ1v) is 13.7. The van der Waals surface area contributed by atoms with Crippen LogP contribution in [-0.4, -0.2) is 38.7 Å². The third-order valence-electron chi connectivity index (χ3n) is 6.52. The highest BCUT2D eigenvalue weighted by atomic mass is 16.5. The molecule has 0 saturated carbocycles. The lowest BCUT2D eigenvalue weighted by atomic mass is 9.84. The summed E-state index contributed by atoms with van der Waals surface area (Å²) in [6.07, 6.45) is 5.16. The van der Waals surface area contributed by atoms with Crippen LogP contribution in [0.5, 0.6) is 11.5 Å². The molecular formula is C31H46N2O5. The van der Waals surface area contributed by atoms with Crippen LogP contribution in [0, 0.1) is 0 Å². The molecule has 1 unspecified atom stereocenters. The molecule has 0 radical (unpaired) electrons. The van der Waals surface area contributed by atoms with Gasteiger partial charge in [-0.2, -0.15) is 0 Å². The highest BCUT2D eigenvalue weighted by Crippen LogP contribution is 2.37. The highest BCUT2D eigenvalue weighted by Gasteiger charge is 2.24. The molecule has 38 heavy (non-hydrogen) atoms. The van der Waals surface area contributed by atoms with E-state index in [4.69, 9.17) is 19.9 Å². The number of benzene rings is 2. The summed E-state index contributed by atoms with van der Waals surface area (Å²) in [4.78, 5) is 25.2. The zero-order valence-electron chi connectivity index (χ0n) is 24.0. The Morgan fingerprint density at radius 3 is 2.39 bits per heavy atom. The number of anilines is 1. The molecule has 0 heterocycles. The van der Waals surface area contributed by atoms with Gasteiger partial charge in [-0.15, -0.1) is 0 Å². The second-order valence-corrected chi connectivity index (χ2v) is 10.6. The fourth-order valence-electron chi connectivity index (χ4n) is 4.50. The molecule has 210 valence electrons. The molecule has 0 aliphatic heterocycles. The van der Waals surface area contributed by atoms with E-state index in [0.717, 1.165) is 49.0 Å². The molecule has 0 aliphatic rings. The molecule has 1 atom stereocenters. The zero-order chi connectivity index (χ0) is 28.1.